The Labute approximate surface area is 106 Å². The van der Waals surface area contributed by atoms with E-state index in [2.05, 4.69) is 5.32 Å². The van der Waals surface area contributed by atoms with Crippen molar-refractivity contribution < 1.29 is 19.0 Å². The molecule has 0 saturated heterocycles. The number of nitrogens with one attached hydrogen (secondary N) is 1. The molecule has 0 bridgehead atoms. The molecule has 0 fully saturated rings. The Kier molecular flexibility index (Phi) is 5.09. The maximum absolute atomic E-state index is 13.8. The van der Waals surface area contributed by atoms with Gasteiger partial charge in [-0.2, -0.15) is 0 Å². The van der Waals surface area contributed by atoms with Gasteiger partial charge in [-0.15, -0.1) is 0 Å². The zero-order valence-electron chi connectivity index (χ0n) is 10.7. The average molecular weight is 255 g/mol. The number of carboxylic acid groups (broad SMARTS) is 1. The van der Waals surface area contributed by atoms with Gasteiger partial charge in [0.05, 0.1) is 0 Å². The van der Waals surface area contributed by atoms with E-state index in [0.717, 1.165) is 5.56 Å². The van der Waals surface area contributed by atoms with Crippen molar-refractivity contribution in [2.75, 3.05) is 7.05 Å². The van der Waals surface area contributed by atoms with Gasteiger partial charge >= 0.3 is 5.97 Å². The van der Waals surface area contributed by atoms with Crippen LogP contribution in [0.4, 0.5) is 4.39 Å². The van der Waals surface area contributed by atoms with Gasteiger partial charge in [0.1, 0.15) is 0 Å². The summed E-state index contributed by atoms with van der Waals surface area (Å²) >= 11 is 0. The van der Waals surface area contributed by atoms with E-state index in [-0.39, 0.29) is 18.2 Å². The molecule has 100 valence electrons. The third kappa shape index (κ3) is 3.43. The molecule has 2 N–H and O–H groups in total. The van der Waals surface area contributed by atoms with E-state index >= 15 is 0 Å². The van der Waals surface area contributed by atoms with Gasteiger partial charge in [-0.1, -0.05) is 13.0 Å². The number of carbonyl (C=O) groups is 1. The Morgan fingerprint density at radius 2 is 2.22 bits per heavy atom. The predicted molar refractivity (Wildman–Crippen MR) is 66.2 cm³/mol. The number of rotatable bonds is 6. The number of benzene rings is 1. The maximum Gasteiger partial charge on any atom is 0.344 e. The molecule has 0 aliphatic carbocycles. The van der Waals surface area contributed by atoms with Gasteiger partial charge in [0.2, 0.25) is 0 Å². The highest BCUT2D eigenvalue weighted by Crippen LogP contribution is 2.23. The second kappa shape index (κ2) is 6.35. The summed E-state index contributed by atoms with van der Waals surface area (Å²) in [6, 6.07) is 4.55. The van der Waals surface area contributed by atoms with Crippen LogP contribution in [0.2, 0.25) is 0 Å². The first-order valence-corrected chi connectivity index (χ1v) is 5.85. The lowest BCUT2D eigenvalue weighted by atomic mass is 10.1. The van der Waals surface area contributed by atoms with E-state index in [9.17, 15) is 9.18 Å². The van der Waals surface area contributed by atoms with Gasteiger partial charge in [-0.05, 0) is 38.1 Å². The largest absolute Gasteiger partial charge is 0.479 e. The highest BCUT2D eigenvalue weighted by molar-refractivity contribution is 5.72. The Morgan fingerprint density at radius 1 is 1.56 bits per heavy atom. The summed E-state index contributed by atoms with van der Waals surface area (Å²) < 4.78 is 18.9. The minimum atomic E-state index is -1.09. The maximum atomic E-state index is 13.8. The summed E-state index contributed by atoms with van der Waals surface area (Å²) in [5, 5.41) is 11.8. The summed E-state index contributed by atoms with van der Waals surface area (Å²) in [6.45, 7) is 3.58. The van der Waals surface area contributed by atoms with Crippen LogP contribution in [0.15, 0.2) is 18.2 Å². The number of ether oxygens (including phenoxy) is 1. The van der Waals surface area contributed by atoms with E-state index in [1.165, 1.54) is 12.1 Å². The molecular weight excluding hydrogens is 237 g/mol. The monoisotopic (exact) mass is 255 g/mol. The summed E-state index contributed by atoms with van der Waals surface area (Å²) in [5.74, 6) is -1.67. The number of halogens is 1. The van der Waals surface area contributed by atoms with Crippen molar-refractivity contribution in [3.05, 3.63) is 29.6 Å². The second-order valence-corrected chi connectivity index (χ2v) is 4.05. The lowest BCUT2D eigenvalue weighted by Crippen LogP contribution is -2.26. The van der Waals surface area contributed by atoms with Crippen molar-refractivity contribution in [3.63, 3.8) is 0 Å². The highest BCUT2D eigenvalue weighted by Gasteiger charge is 2.19. The van der Waals surface area contributed by atoms with Gasteiger partial charge in [0.15, 0.2) is 17.7 Å². The molecule has 0 aromatic heterocycles. The topological polar surface area (TPSA) is 58.6 Å². The molecule has 0 saturated carbocycles. The second-order valence-electron chi connectivity index (χ2n) is 4.05. The first kappa shape index (κ1) is 14.4. The fraction of sp³-hybridized carbons (Fsp3) is 0.462. The van der Waals surface area contributed by atoms with E-state index in [1.807, 2.05) is 6.92 Å². The van der Waals surface area contributed by atoms with E-state index in [1.54, 1.807) is 20.0 Å². The molecule has 0 spiro atoms. The molecule has 0 aliphatic heterocycles. The van der Waals surface area contributed by atoms with Crippen molar-refractivity contribution in [1.82, 2.24) is 5.32 Å². The number of hydrogen-bond donors (Lipinski definition) is 2. The normalized spacial score (nSPS) is 14.0. The van der Waals surface area contributed by atoms with Crippen molar-refractivity contribution >= 4 is 5.97 Å². The van der Waals surface area contributed by atoms with Crippen LogP contribution in [0.3, 0.4) is 0 Å². The third-order valence-corrected chi connectivity index (χ3v) is 2.80. The lowest BCUT2D eigenvalue weighted by molar-refractivity contribution is -0.145. The molecule has 4 nitrogen and oxygen atoms in total. The van der Waals surface area contributed by atoms with Gasteiger partial charge in [-0.25, -0.2) is 9.18 Å². The van der Waals surface area contributed by atoms with E-state index < -0.39 is 17.9 Å². The zero-order chi connectivity index (χ0) is 13.7. The number of hydrogen-bond acceptors (Lipinski definition) is 3. The zero-order valence-corrected chi connectivity index (χ0v) is 10.7. The average Bonchev–Trinajstić information content (AvgIpc) is 2.35. The van der Waals surface area contributed by atoms with E-state index in [4.69, 9.17) is 9.84 Å². The highest BCUT2D eigenvalue weighted by atomic mass is 19.1. The smallest absolute Gasteiger partial charge is 0.344 e. The summed E-state index contributed by atoms with van der Waals surface area (Å²) in [4.78, 5) is 10.8. The van der Waals surface area contributed by atoms with Crippen LogP contribution in [-0.4, -0.2) is 24.2 Å². The quantitative estimate of drug-likeness (QED) is 0.819. The van der Waals surface area contributed by atoms with Gasteiger partial charge < -0.3 is 15.2 Å². The van der Waals surface area contributed by atoms with Crippen LogP contribution in [0.1, 0.15) is 31.9 Å². The Hall–Kier alpha value is -1.62. The van der Waals surface area contributed by atoms with Crippen molar-refractivity contribution in [2.24, 2.45) is 0 Å². The summed E-state index contributed by atoms with van der Waals surface area (Å²) in [5.41, 5.74) is 0.783. The fourth-order valence-electron chi connectivity index (χ4n) is 1.51. The molecule has 1 aromatic carbocycles. The van der Waals surface area contributed by atoms with E-state index in [0.29, 0.717) is 0 Å². The van der Waals surface area contributed by atoms with Crippen LogP contribution in [0.5, 0.6) is 5.75 Å². The molecule has 0 heterocycles. The Balaban J connectivity index is 2.88. The van der Waals surface area contributed by atoms with Crippen LogP contribution in [-0.2, 0) is 4.79 Å². The van der Waals surface area contributed by atoms with Crippen molar-refractivity contribution in [2.45, 2.75) is 32.4 Å². The van der Waals surface area contributed by atoms with Crippen molar-refractivity contribution in [1.29, 1.82) is 0 Å². The van der Waals surface area contributed by atoms with Crippen molar-refractivity contribution in [3.8, 4) is 5.75 Å². The summed E-state index contributed by atoms with van der Waals surface area (Å²) in [7, 11) is 1.78. The van der Waals surface area contributed by atoms with Crippen LogP contribution in [0.25, 0.3) is 0 Å². The SMILES string of the molecule is CCC(Oc1ccc(C(C)NC)cc1F)C(=O)O. The summed E-state index contributed by atoms with van der Waals surface area (Å²) in [6.07, 6.45) is -0.740. The lowest BCUT2D eigenvalue weighted by Gasteiger charge is -2.16. The Bertz CT molecular complexity index is 423. The molecule has 5 heteroatoms. The number of aliphatic carboxylic acids is 1. The third-order valence-electron chi connectivity index (χ3n) is 2.80. The molecule has 18 heavy (non-hydrogen) atoms. The molecule has 1 aromatic rings. The van der Waals surface area contributed by atoms with Gasteiger partial charge in [-0.3, -0.25) is 0 Å². The first-order chi connectivity index (χ1) is 8.49. The Morgan fingerprint density at radius 3 is 2.67 bits per heavy atom. The van der Waals surface area contributed by atoms with Gasteiger partial charge in [0.25, 0.3) is 0 Å². The molecular formula is C13H18FNO3. The molecule has 0 aliphatic rings. The predicted octanol–water partition coefficient (Wildman–Crippen LogP) is 2.35. The first-order valence-electron chi connectivity index (χ1n) is 5.85. The molecule has 0 radical (unpaired) electrons. The molecule has 1 rings (SSSR count). The molecule has 0 amide bonds. The fourth-order valence-corrected chi connectivity index (χ4v) is 1.51. The van der Waals surface area contributed by atoms with Crippen LogP contribution in [0, 0.1) is 5.82 Å². The molecule has 2 atom stereocenters. The minimum absolute atomic E-state index is 0.0231. The van der Waals surface area contributed by atoms with Crippen LogP contribution < -0.4 is 10.1 Å². The van der Waals surface area contributed by atoms with Crippen LogP contribution >= 0.6 is 0 Å². The standard InChI is InChI=1S/C13H18FNO3/c1-4-11(13(16)17)18-12-6-5-9(7-10(12)14)8(2)15-3/h5-8,11,15H,4H2,1-3H3,(H,16,17). The number of carboxylic acids is 1. The minimum Gasteiger partial charge on any atom is -0.479 e. The molecule has 2 unspecified atom stereocenters. The van der Waals surface area contributed by atoms with Gasteiger partial charge in [0, 0.05) is 6.04 Å².